The molecule has 2 aromatic carbocycles. The molecule has 0 heterocycles. The first kappa shape index (κ1) is 25.0. The highest BCUT2D eigenvalue weighted by Gasteiger charge is 2.25. The van der Waals surface area contributed by atoms with Crippen molar-refractivity contribution in [1.29, 1.82) is 0 Å². The van der Waals surface area contributed by atoms with Gasteiger partial charge in [0.1, 0.15) is 11.9 Å². The van der Waals surface area contributed by atoms with Gasteiger partial charge in [0, 0.05) is 16.8 Å². The summed E-state index contributed by atoms with van der Waals surface area (Å²) in [6.45, 7) is 5.12. The van der Waals surface area contributed by atoms with Gasteiger partial charge in [-0.3, -0.25) is 14.4 Å². The van der Waals surface area contributed by atoms with Gasteiger partial charge in [-0.1, -0.05) is 0 Å². The van der Waals surface area contributed by atoms with Crippen LogP contribution in [0.3, 0.4) is 0 Å². The zero-order valence-electron chi connectivity index (χ0n) is 17.8. The van der Waals surface area contributed by atoms with Crippen LogP contribution in [-0.2, 0) is 19.6 Å². The average molecular weight is 465 g/mol. The minimum absolute atomic E-state index is 0.00345. The molecule has 1 atom stereocenters. The third kappa shape index (κ3) is 7.43. The van der Waals surface area contributed by atoms with Crippen LogP contribution in [0, 0.1) is 5.82 Å². The van der Waals surface area contributed by atoms with Crippen molar-refractivity contribution in [2.75, 3.05) is 5.32 Å². The summed E-state index contributed by atoms with van der Waals surface area (Å²) in [5.74, 6) is -2.78. The van der Waals surface area contributed by atoms with E-state index in [-0.39, 0.29) is 16.1 Å². The molecule has 2 aromatic rings. The van der Waals surface area contributed by atoms with Crippen molar-refractivity contribution in [2.45, 2.75) is 43.7 Å². The maximum Gasteiger partial charge on any atom is 0.251 e. The van der Waals surface area contributed by atoms with E-state index in [1.54, 1.807) is 20.8 Å². The molecule has 0 aliphatic rings. The van der Waals surface area contributed by atoms with Crippen LogP contribution in [0.5, 0.6) is 0 Å². The van der Waals surface area contributed by atoms with E-state index in [9.17, 15) is 27.2 Å². The zero-order valence-corrected chi connectivity index (χ0v) is 18.6. The molecule has 2 rings (SSSR count). The van der Waals surface area contributed by atoms with Crippen LogP contribution in [0.15, 0.2) is 53.4 Å². The van der Waals surface area contributed by atoms with Crippen molar-refractivity contribution in [3.63, 3.8) is 0 Å². The lowest BCUT2D eigenvalue weighted by atomic mass is 10.1. The summed E-state index contributed by atoms with van der Waals surface area (Å²) < 4.78 is 40.3. The molecule has 0 aliphatic heterocycles. The lowest BCUT2D eigenvalue weighted by Gasteiger charge is -2.20. The number of amides is 3. The Morgan fingerprint density at radius 1 is 1.00 bits per heavy atom. The van der Waals surface area contributed by atoms with E-state index in [2.05, 4.69) is 15.4 Å². The number of nitrogens with two attached hydrogens (primary N) is 1. The van der Waals surface area contributed by atoms with Crippen LogP contribution < -0.4 is 21.1 Å². The number of carbonyl (C=O) groups excluding carboxylic acids is 3. The Labute approximate surface area is 185 Å². The SMILES string of the molecule is CC(C)(C)NS(=O)(=O)c1ccc(NC(=O)C(CC(N)=O)NC(=O)c2ccc(F)cc2)cc1. The molecule has 5 N–H and O–H groups in total. The molecule has 172 valence electrons. The number of carbonyl (C=O) groups is 3. The summed E-state index contributed by atoms with van der Waals surface area (Å²) in [6.07, 6.45) is -0.471. The van der Waals surface area contributed by atoms with Crippen LogP contribution in [0.2, 0.25) is 0 Å². The molecule has 32 heavy (non-hydrogen) atoms. The normalized spacial score (nSPS) is 12.6. The van der Waals surface area contributed by atoms with Crippen LogP contribution in [0.25, 0.3) is 0 Å². The topological polar surface area (TPSA) is 147 Å². The summed E-state index contributed by atoms with van der Waals surface area (Å²) in [7, 11) is -3.75. The molecular formula is C21H25FN4O5S. The molecule has 0 bridgehead atoms. The molecule has 9 nitrogen and oxygen atoms in total. The average Bonchev–Trinajstić information content (AvgIpc) is 2.66. The third-order valence-corrected chi connectivity index (χ3v) is 5.78. The Balaban J connectivity index is 2.13. The second-order valence-electron chi connectivity index (χ2n) is 8.07. The van der Waals surface area contributed by atoms with Gasteiger partial charge in [-0.15, -0.1) is 0 Å². The van der Waals surface area contributed by atoms with Gasteiger partial charge in [0.05, 0.1) is 11.3 Å². The molecule has 0 aliphatic carbocycles. The van der Waals surface area contributed by atoms with E-state index in [0.29, 0.717) is 0 Å². The monoisotopic (exact) mass is 464 g/mol. The number of sulfonamides is 1. The molecule has 0 saturated heterocycles. The van der Waals surface area contributed by atoms with Crippen molar-refractivity contribution >= 4 is 33.4 Å². The van der Waals surface area contributed by atoms with Crippen molar-refractivity contribution in [1.82, 2.24) is 10.0 Å². The first-order valence-electron chi connectivity index (χ1n) is 9.56. The molecule has 3 amide bonds. The van der Waals surface area contributed by atoms with Gasteiger partial charge in [0.25, 0.3) is 5.91 Å². The number of halogens is 1. The number of hydrogen-bond acceptors (Lipinski definition) is 5. The minimum Gasteiger partial charge on any atom is -0.370 e. The van der Waals surface area contributed by atoms with Gasteiger partial charge in [-0.25, -0.2) is 17.5 Å². The quantitative estimate of drug-likeness (QED) is 0.468. The first-order chi connectivity index (χ1) is 14.8. The highest BCUT2D eigenvalue weighted by molar-refractivity contribution is 7.89. The second kappa shape index (κ2) is 9.88. The Hall–Kier alpha value is -3.31. The molecule has 0 radical (unpaired) electrons. The summed E-state index contributed by atoms with van der Waals surface area (Å²) in [4.78, 5) is 36.3. The number of hydrogen-bond donors (Lipinski definition) is 4. The summed E-state index contributed by atoms with van der Waals surface area (Å²) in [6, 6.07) is 8.70. The maximum atomic E-state index is 13.0. The predicted octanol–water partition coefficient (Wildman–Crippen LogP) is 1.52. The third-order valence-electron chi connectivity index (χ3n) is 4.01. The van der Waals surface area contributed by atoms with E-state index < -0.39 is 51.6 Å². The number of nitrogens with one attached hydrogen (secondary N) is 3. The van der Waals surface area contributed by atoms with E-state index >= 15 is 0 Å². The number of anilines is 1. The lowest BCUT2D eigenvalue weighted by molar-refractivity contribution is -0.123. The van der Waals surface area contributed by atoms with Crippen LogP contribution >= 0.6 is 0 Å². The molecule has 1 unspecified atom stereocenters. The van der Waals surface area contributed by atoms with Crippen molar-refractivity contribution < 1.29 is 27.2 Å². The Morgan fingerprint density at radius 2 is 1.56 bits per heavy atom. The van der Waals surface area contributed by atoms with Gasteiger partial charge in [0.15, 0.2) is 0 Å². The van der Waals surface area contributed by atoms with Crippen LogP contribution in [0.4, 0.5) is 10.1 Å². The van der Waals surface area contributed by atoms with E-state index in [1.807, 2.05) is 0 Å². The van der Waals surface area contributed by atoms with Crippen LogP contribution in [-0.4, -0.2) is 37.7 Å². The van der Waals surface area contributed by atoms with Gasteiger partial charge in [-0.2, -0.15) is 0 Å². The number of benzene rings is 2. The standard InChI is InChI=1S/C21H25FN4O5S/c1-21(2,3)26-32(30,31)16-10-8-15(9-11-16)24-20(29)17(12-18(23)27)25-19(28)13-4-6-14(22)7-5-13/h4-11,17,26H,12H2,1-3H3,(H2,23,27)(H,24,29)(H,25,28). The Kier molecular flexibility index (Phi) is 7.70. The predicted molar refractivity (Wildman–Crippen MR) is 117 cm³/mol. The first-order valence-corrected chi connectivity index (χ1v) is 11.0. The summed E-state index contributed by atoms with van der Waals surface area (Å²) in [5.41, 5.74) is 4.85. The highest BCUT2D eigenvalue weighted by Crippen LogP contribution is 2.17. The molecule has 0 spiro atoms. The van der Waals surface area contributed by atoms with Crippen molar-refractivity contribution in [3.05, 3.63) is 59.9 Å². The van der Waals surface area contributed by atoms with E-state index in [1.165, 1.54) is 36.4 Å². The van der Waals surface area contributed by atoms with Gasteiger partial charge in [0.2, 0.25) is 21.8 Å². The molecule has 11 heteroatoms. The number of rotatable bonds is 8. The van der Waals surface area contributed by atoms with Gasteiger partial charge < -0.3 is 16.4 Å². The van der Waals surface area contributed by atoms with E-state index in [4.69, 9.17) is 5.73 Å². The van der Waals surface area contributed by atoms with Crippen molar-refractivity contribution in [3.8, 4) is 0 Å². The fourth-order valence-corrected chi connectivity index (χ4v) is 4.08. The van der Waals surface area contributed by atoms with E-state index in [0.717, 1.165) is 12.1 Å². The van der Waals surface area contributed by atoms with Gasteiger partial charge in [-0.05, 0) is 69.3 Å². The lowest BCUT2D eigenvalue weighted by Crippen LogP contribution is -2.46. The molecule has 0 saturated carbocycles. The molecule has 0 aromatic heterocycles. The number of primary amides is 1. The van der Waals surface area contributed by atoms with Gasteiger partial charge >= 0.3 is 0 Å². The summed E-state index contributed by atoms with van der Waals surface area (Å²) in [5, 5.41) is 4.89. The minimum atomic E-state index is -3.75. The molecular weight excluding hydrogens is 439 g/mol. The van der Waals surface area contributed by atoms with Crippen molar-refractivity contribution in [2.24, 2.45) is 5.73 Å². The fraction of sp³-hybridized carbons (Fsp3) is 0.286. The maximum absolute atomic E-state index is 13.0. The van der Waals surface area contributed by atoms with Crippen LogP contribution in [0.1, 0.15) is 37.6 Å². The summed E-state index contributed by atoms with van der Waals surface area (Å²) >= 11 is 0. The Morgan fingerprint density at radius 3 is 2.06 bits per heavy atom. The smallest absolute Gasteiger partial charge is 0.251 e. The Bertz CT molecular complexity index is 1090. The zero-order chi connectivity index (χ0) is 24.1. The molecule has 0 fully saturated rings. The second-order valence-corrected chi connectivity index (χ2v) is 9.75. The fourth-order valence-electron chi connectivity index (χ4n) is 2.66. The largest absolute Gasteiger partial charge is 0.370 e. The highest BCUT2D eigenvalue weighted by atomic mass is 32.2.